The van der Waals surface area contributed by atoms with Gasteiger partial charge in [-0.15, -0.1) is 0 Å². The molecule has 0 unspecified atom stereocenters. The lowest BCUT2D eigenvalue weighted by Gasteiger charge is -2.22. The molecule has 0 aromatic heterocycles. The van der Waals surface area contributed by atoms with E-state index in [1.807, 2.05) is 48.5 Å². The number of carbonyl (C=O) groups excluding carboxylic acids is 2. The molecular formula is C26H34N6O5. The predicted octanol–water partition coefficient (Wildman–Crippen LogP) is 1.26. The number of amides is 2. The summed E-state index contributed by atoms with van der Waals surface area (Å²) in [7, 11) is 0. The predicted molar refractivity (Wildman–Crippen MR) is 140 cm³/mol. The summed E-state index contributed by atoms with van der Waals surface area (Å²) in [5.41, 5.74) is 20.5. The zero-order chi connectivity index (χ0) is 26.8. The van der Waals surface area contributed by atoms with Crippen molar-refractivity contribution in [2.24, 2.45) is 22.2 Å². The first-order chi connectivity index (χ1) is 17.8. The van der Waals surface area contributed by atoms with Gasteiger partial charge >= 0.3 is 12.1 Å². The van der Waals surface area contributed by atoms with Crippen LogP contribution in [0.2, 0.25) is 0 Å². The molecule has 9 N–H and O–H groups in total. The molecule has 0 heterocycles. The van der Waals surface area contributed by atoms with Crippen LogP contribution in [0, 0.1) is 0 Å². The largest absolute Gasteiger partial charge is 0.480 e. The Morgan fingerprint density at radius 1 is 0.919 bits per heavy atom. The van der Waals surface area contributed by atoms with Gasteiger partial charge in [-0.3, -0.25) is 9.79 Å². The van der Waals surface area contributed by atoms with E-state index in [1.54, 1.807) is 0 Å². The monoisotopic (exact) mass is 510 g/mol. The fourth-order valence-corrected chi connectivity index (χ4v) is 4.41. The van der Waals surface area contributed by atoms with Crippen LogP contribution in [0.15, 0.2) is 53.5 Å². The highest BCUT2D eigenvalue weighted by Gasteiger charge is 2.30. The van der Waals surface area contributed by atoms with Crippen LogP contribution in [0.5, 0.6) is 0 Å². The topological polar surface area (TPSA) is 195 Å². The maximum Gasteiger partial charge on any atom is 0.407 e. The van der Waals surface area contributed by atoms with Gasteiger partial charge in [0.2, 0.25) is 5.91 Å². The lowest BCUT2D eigenvalue weighted by Crippen LogP contribution is -2.52. The number of alkyl carbamates (subject to hydrolysis) is 1. The molecule has 11 nitrogen and oxygen atoms in total. The second-order valence-corrected chi connectivity index (χ2v) is 8.80. The third-order valence-electron chi connectivity index (χ3n) is 6.21. The van der Waals surface area contributed by atoms with Crippen molar-refractivity contribution in [3.8, 4) is 11.1 Å². The number of ether oxygens (including phenoxy) is 1. The van der Waals surface area contributed by atoms with Crippen LogP contribution in [0.1, 0.15) is 42.7 Å². The molecule has 0 radical (unpaired) electrons. The number of nitrogens with one attached hydrogen (secondary N) is 2. The summed E-state index contributed by atoms with van der Waals surface area (Å²) in [5, 5.41) is 14.6. The number of carboxylic acid groups (broad SMARTS) is 1. The number of carboxylic acids is 1. The summed E-state index contributed by atoms with van der Waals surface area (Å²) in [5.74, 6) is -2.05. The second-order valence-electron chi connectivity index (χ2n) is 8.80. The van der Waals surface area contributed by atoms with Gasteiger partial charge in [0.1, 0.15) is 18.7 Å². The average Bonchev–Trinajstić information content (AvgIpc) is 3.20. The van der Waals surface area contributed by atoms with Gasteiger partial charge in [-0.2, -0.15) is 0 Å². The summed E-state index contributed by atoms with van der Waals surface area (Å²) in [6, 6.07) is 13.8. The Bertz CT molecular complexity index is 1090. The zero-order valence-corrected chi connectivity index (χ0v) is 20.6. The van der Waals surface area contributed by atoms with Crippen LogP contribution in [0.25, 0.3) is 11.1 Å². The van der Waals surface area contributed by atoms with Gasteiger partial charge in [0, 0.05) is 12.5 Å². The highest BCUT2D eigenvalue weighted by atomic mass is 16.5. The summed E-state index contributed by atoms with van der Waals surface area (Å²) in [6.45, 7) is 0.626. The maximum absolute atomic E-state index is 12.9. The van der Waals surface area contributed by atoms with Gasteiger partial charge in [-0.05, 0) is 54.5 Å². The van der Waals surface area contributed by atoms with E-state index in [4.69, 9.17) is 21.9 Å². The van der Waals surface area contributed by atoms with Gasteiger partial charge in [0.25, 0.3) is 0 Å². The fourth-order valence-electron chi connectivity index (χ4n) is 4.41. The number of benzene rings is 2. The highest BCUT2D eigenvalue weighted by Crippen LogP contribution is 2.44. The van der Waals surface area contributed by atoms with Crippen molar-refractivity contribution >= 4 is 23.9 Å². The van der Waals surface area contributed by atoms with E-state index in [1.165, 1.54) is 0 Å². The minimum Gasteiger partial charge on any atom is -0.480 e. The van der Waals surface area contributed by atoms with Gasteiger partial charge in [0.05, 0.1) is 0 Å². The van der Waals surface area contributed by atoms with Crippen LogP contribution >= 0.6 is 0 Å². The molecule has 37 heavy (non-hydrogen) atoms. The first-order valence-corrected chi connectivity index (χ1v) is 12.2. The molecule has 2 aromatic carbocycles. The number of rotatable bonds is 13. The van der Waals surface area contributed by atoms with Crippen molar-refractivity contribution in [1.29, 1.82) is 0 Å². The molecule has 3 rings (SSSR count). The minimum atomic E-state index is -1.20. The molecule has 0 saturated heterocycles. The molecule has 1 aliphatic carbocycles. The smallest absolute Gasteiger partial charge is 0.407 e. The van der Waals surface area contributed by atoms with Gasteiger partial charge in [-0.1, -0.05) is 48.5 Å². The molecule has 11 heteroatoms. The van der Waals surface area contributed by atoms with Crippen molar-refractivity contribution < 1.29 is 24.2 Å². The van der Waals surface area contributed by atoms with Crippen molar-refractivity contribution in [3.05, 3.63) is 59.7 Å². The molecule has 1 aliphatic rings. The maximum atomic E-state index is 12.9. The quantitative estimate of drug-likeness (QED) is 0.131. The van der Waals surface area contributed by atoms with Crippen molar-refractivity contribution in [1.82, 2.24) is 10.6 Å². The minimum absolute atomic E-state index is 0.0909. The summed E-state index contributed by atoms with van der Waals surface area (Å²) < 4.78 is 5.54. The van der Waals surface area contributed by atoms with Gasteiger partial charge < -0.3 is 37.7 Å². The van der Waals surface area contributed by atoms with Crippen LogP contribution in [0.3, 0.4) is 0 Å². The van der Waals surface area contributed by atoms with E-state index in [0.29, 0.717) is 19.4 Å². The first kappa shape index (κ1) is 27.5. The molecule has 0 saturated carbocycles. The molecular weight excluding hydrogens is 476 g/mol. The normalized spacial score (nSPS) is 13.5. The second kappa shape index (κ2) is 13.3. The number of nitrogens with zero attached hydrogens (tertiary/aromatic N) is 1. The summed E-state index contributed by atoms with van der Waals surface area (Å²) in [4.78, 5) is 41.0. The third kappa shape index (κ3) is 7.43. The van der Waals surface area contributed by atoms with Crippen LogP contribution in [-0.4, -0.2) is 60.8 Å². The lowest BCUT2D eigenvalue weighted by molar-refractivity contribution is -0.142. The van der Waals surface area contributed by atoms with Gasteiger partial charge in [0.15, 0.2) is 5.96 Å². The number of fused-ring (bicyclic) bond motifs is 3. The molecule has 0 aliphatic heterocycles. The zero-order valence-electron chi connectivity index (χ0n) is 20.6. The Morgan fingerprint density at radius 2 is 1.51 bits per heavy atom. The Labute approximate surface area is 215 Å². The number of nitrogens with two attached hydrogens (primary N) is 3. The van der Waals surface area contributed by atoms with Crippen molar-refractivity contribution in [2.45, 2.75) is 43.7 Å². The molecule has 198 valence electrons. The standard InChI is InChI=1S/C26H34N6O5/c27-13-5-11-21(23(33)31-22(24(34)35)12-6-14-30-25(28)29)32-26(36)37-15-20-18-9-3-1-7-16(18)17-8-2-4-10-19(17)20/h1-4,7-10,20-22H,5-6,11-15,27H2,(H,31,33)(H,32,36)(H,34,35)(H4,28,29,30)/t21-,22-/m0/s1. The van der Waals surface area contributed by atoms with Crippen LogP contribution in [0.4, 0.5) is 4.79 Å². The molecule has 0 bridgehead atoms. The van der Waals surface area contributed by atoms with Gasteiger partial charge in [-0.25, -0.2) is 9.59 Å². The fraction of sp³-hybridized carbons (Fsp3) is 0.385. The Kier molecular flexibility index (Phi) is 9.84. The number of aliphatic imine (C=N–C) groups is 1. The van der Waals surface area contributed by atoms with E-state index in [-0.39, 0.29) is 37.9 Å². The molecule has 0 fully saturated rings. The van der Waals surface area contributed by atoms with Crippen LogP contribution in [-0.2, 0) is 14.3 Å². The van der Waals surface area contributed by atoms with E-state index < -0.39 is 30.1 Å². The number of carbonyl (C=O) groups is 3. The third-order valence-corrected chi connectivity index (χ3v) is 6.21. The number of hydrogen-bond acceptors (Lipinski definition) is 6. The average molecular weight is 511 g/mol. The summed E-state index contributed by atoms with van der Waals surface area (Å²) >= 11 is 0. The van der Waals surface area contributed by atoms with Crippen LogP contribution < -0.4 is 27.8 Å². The Balaban J connectivity index is 1.61. The summed E-state index contributed by atoms with van der Waals surface area (Å²) in [6.07, 6.45) is 0.379. The first-order valence-electron chi connectivity index (χ1n) is 12.2. The van der Waals surface area contributed by atoms with E-state index >= 15 is 0 Å². The van der Waals surface area contributed by atoms with Crippen molar-refractivity contribution in [3.63, 3.8) is 0 Å². The highest BCUT2D eigenvalue weighted by molar-refractivity contribution is 5.89. The number of aliphatic carboxylic acids is 1. The van der Waals surface area contributed by atoms with E-state index in [0.717, 1.165) is 22.3 Å². The number of guanidine groups is 1. The SMILES string of the molecule is NCCC[C@H](NC(=O)OCC1c2ccccc2-c2ccccc21)C(=O)N[C@@H](CCCN=C(N)N)C(=O)O. The molecule has 2 aromatic rings. The molecule has 2 amide bonds. The van der Waals surface area contributed by atoms with E-state index in [9.17, 15) is 19.5 Å². The Hall–Kier alpha value is -4.12. The number of hydrogen-bond donors (Lipinski definition) is 6. The van der Waals surface area contributed by atoms with E-state index in [2.05, 4.69) is 15.6 Å². The van der Waals surface area contributed by atoms with Crippen molar-refractivity contribution in [2.75, 3.05) is 19.7 Å². The lowest BCUT2D eigenvalue weighted by atomic mass is 9.98. The molecule has 0 spiro atoms. The molecule has 2 atom stereocenters. The Morgan fingerprint density at radius 3 is 2.08 bits per heavy atom.